The molecule has 1 N–H and O–H groups in total. The van der Waals surface area contributed by atoms with E-state index in [9.17, 15) is 9.59 Å². The summed E-state index contributed by atoms with van der Waals surface area (Å²) >= 11 is 6.21. The van der Waals surface area contributed by atoms with Crippen LogP contribution >= 0.6 is 11.6 Å². The summed E-state index contributed by atoms with van der Waals surface area (Å²) in [4.78, 5) is 34.4. The second-order valence-electron chi connectivity index (χ2n) is 6.62. The van der Waals surface area contributed by atoms with Crippen LogP contribution in [0.4, 0.5) is 5.95 Å². The second kappa shape index (κ2) is 7.96. The number of nitrogens with zero attached hydrogens (tertiary/aromatic N) is 6. The van der Waals surface area contributed by atoms with E-state index in [0.29, 0.717) is 22.2 Å². The minimum Gasteiger partial charge on any atom is -0.306 e. The molecule has 9 nitrogen and oxygen atoms in total. The number of hydrazone groups is 1. The van der Waals surface area contributed by atoms with Gasteiger partial charge in [-0.05, 0) is 23.8 Å². The minimum absolute atomic E-state index is 0.0624. The maximum Gasteiger partial charge on any atom is 0.332 e. The zero-order chi connectivity index (χ0) is 21.3. The normalized spacial score (nSPS) is 11.4. The van der Waals surface area contributed by atoms with E-state index in [0.717, 1.165) is 4.57 Å². The van der Waals surface area contributed by atoms with Crippen LogP contribution < -0.4 is 16.7 Å². The molecule has 0 atom stereocenters. The van der Waals surface area contributed by atoms with Crippen molar-refractivity contribution in [3.8, 4) is 0 Å². The number of fused-ring (bicyclic) bond motifs is 1. The molecule has 0 aliphatic heterocycles. The van der Waals surface area contributed by atoms with Crippen LogP contribution in [-0.2, 0) is 20.6 Å². The number of nitrogens with one attached hydrogen (secondary N) is 1. The number of pyridine rings is 1. The molecule has 3 aromatic heterocycles. The van der Waals surface area contributed by atoms with Crippen molar-refractivity contribution in [2.24, 2.45) is 19.2 Å². The third kappa shape index (κ3) is 3.50. The van der Waals surface area contributed by atoms with E-state index in [2.05, 4.69) is 20.5 Å². The van der Waals surface area contributed by atoms with Crippen LogP contribution in [0.25, 0.3) is 11.2 Å². The summed E-state index contributed by atoms with van der Waals surface area (Å²) in [7, 11) is 3.25. The lowest BCUT2D eigenvalue weighted by Crippen LogP contribution is -2.39. The van der Waals surface area contributed by atoms with E-state index in [4.69, 9.17) is 11.6 Å². The zero-order valence-electron chi connectivity index (χ0n) is 16.3. The van der Waals surface area contributed by atoms with E-state index in [1.807, 2.05) is 12.1 Å². The smallest absolute Gasteiger partial charge is 0.306 e. The Hall–Kier alpha value is -3.72. The fraction of sp³-hybridized carbons (Fsp3) is 0.150. The van der Waals surface area contributed by atoms with Gasteiger partial charge in [0.05, 0.1) is 18.5 Å². The largest absolute Gasteiger partial charge is 0.332 e. The van der Waals surface area contributed by atoms with Crippen molar-refractivity contribution < 1.29 is 0 Å². The number of hydrogen-bond acceptors (Lipinski definition) is 6. The van der Waals surface area contributed by atoms with Crippen molar-refractivity contribution in [2.45, 2.75) is 6.54 Å². The summed E-state index contributed by atoms with van der Waals surface area (Å²) in [6.07, 6.45) is 3.20. The predicted molar refractivity (Wildman–Crippen MR) is 116 cm³/mol. The summed E-state index contributed by atoms with van der Waals surface area (Å²) in [5, 5.41) is 4.61. The fourth-order valence-corrected chi connectivity index (χ4v) is 3.28. The van der Waals surface area contributed by atoms with Crippen molar-refractivity contribution in [1.82, 2.24) is 23.7 Å². The number of aromatic nitrogens is 5. The molecule has 10 heteroatoms. The third-order valence-corrected chi connectivity index (χ3v) is 5.06. The Labute approximate surface area is 175 Å². The van der Waals surface area contributed by atoms with Crippen LogP contribution in [-0.4, -0.2) is 29.9 Å². The number of hydrogen-bond donors (Lipinski definition) is 1. The number of aryl methyl sites for hydroxylation is 2. The first-order valence-electron chi connectivity index (χ1n) is 9.07. The van der Waals surface area contributed by atoms with Gasteiger partial charge in [-0.25, -0.2) is 10.2 Å². The topological polar surface area (TPSA) is 99.1 Å². The highest BCUT2D eigenvalue weighted by molar-refractivity contribution is 6.31. The van der Waals surface area contributed by atoms with Gasteiger partial charge in [0.25, 0.3) is 5.56 Å². The molecule has 30 heavy (non-hydrogen) atoms. The van der Waals surface area contributed by atoms with E-state index < -0.39 is 11.2 Å². The standard InChI is InChI=1S/C20H18ClN7O2/c1-26-16-17(24-19(26)25-23-11-14-8-5-6-10-22-14)27(2)20(30)28(18(16)29)12-13-7-3-4-9-15(13)21/h3-11H,12H2,1-2H3,(H,24,25)/b23-11+. The molecule has 0 radical (unpaired) electrons. The second-order valence-corrected chi connectivity index (χ2v) is 7.02. The van der Waals surface area contributed by atoms with Gasteiger partial charge in [0.2, 0.25) is 5.95 Å². The molecule has 0 unspecified atom stereocenters. The molecule has 0 saturated carbocycles. The summed E-state index contributed by atoms with van der Waals surface area (Å²) < 4.78 is 4.04. The summed E-state index contributed by atoms with van der Waals surface area (Å²) in [5.41, 5.74) is 3.75. The Morgan fingerprint density at radius 1 is 1.10 bits per heavy atom. The summed E-state index contributed by atoms with van der Waals surface area (Å²) in [6.45, 7) is 0.0624. The van der Waals surface area contributed by atoms with Gasteiger partial charge in [0, 0.05) is 25.3 Å². The van der Waals surface area contributed by atoms with Crippen molar-refractivity contribution in [1.29, 1.82) is 0 Å². The molecule has 0 saturated heterocycles. The number of anilines is 1. The Kier molecular flexibility index (Phi) is 5.20. The van der Waals surface area contributed by atoms with Gasteiger partial charge < -0.3 is 4.57 Å². The molecule has 1 aromatic carbocycles. The van der Waals surface area contributed by atoms with Gasteiger partial charge in [0.15, 0.2) is 11.2 Å². The molecular weight excluding hydrogens is 406 g/mol. The molecule has 0 aliphatic carbocycles. The monoisotopic (exact) mass is 423 g/mol. The van der Waals surface area contributed by atoms with Gasteiger partial charge in [-0.2, -0.15) is 10.1 Å². The lowest BCUT2D eigenvalue weighted by Gasteiger charge is -2.09. The molecule has 4 aromatic rings. The highest BCUT2D eigenvalue weighted by Crippen LogP contribution is 2.16. The van der Waals surface area contributed by atoms with Crippen LogP contribution in [0.15, 0.2) is 63.4 Å². The zero-order valence-corrected chi connectivity index (χ0v) is 17.0. The van der Waals surface area contributed by atoms with Gasteiger partial charge in [0.1, 0.15) is 0 Å². The maximum absolute atomic E-state index is 13.1. The van der Waals surface area contributed by atoms with E-state index in [-0.39, 0.29) is 17.7 Å². The van der Waals surface area contributed by atoms with Gasteiger partial charge >= 0.3 is 5.69 Å². The van der Waals surface area contributed by atoms with Crippen molar-refractivity contribution in [3.05, 3.63) is 85.8 Å². The average Bonchev–Trinajstić information content (AvgIpc) is 3.08. The molecule has 152 valence electrons. The van der Waals surface area contributed by atoms with Crippen LogP contribution in [0.5, 0.6) is 0 Å². The van der Waals surface area contributed by atoms with Crippen LogP contribution in [0, 0.1) is 0 Å². The molecule has 0 fully saturated rings. The van der Waals surface area contributed by atoms with E-state index in [1.54, 1.807) is 55.2 Å². The molecular formula is C20H18ClN7O2. The molecule has 0 bridgehead atoms. The number of halogens is 1. The SMILES string of the molecule is Cn1c(N/N=C/c2ccccn2)nc2c1c(=O)n(Cc1ccccc1Cl)c(=O)n2C. The Morgan fingerprint density at radius 2 is 1.87 bits per heavy atom. The molecule has 4 rings (SSSR count). The molecule has 0 amide bonds. The van der Waals surface area contributed by atoms with Gasteiger partial charge in [-0.3, -0.25) is 18.9 Å². The van der Waals surface area contributed by atoms with Crippen LogP contribution in [0.2, 0.25) is 5.02 Å². The summed E-state index contributed by atoms with van der Waals surface area (Å²) in [6, 6.07) is 12.6. The van der Waals surface area contributed by atoms with Crippen molar-refractivity contribution in [3.63, 3.8) is 0 Å². The Morgan fingerprint density at radius 3 is 2.60 bits per heavy atom. The molecule has 0 aliphatic rings. The third-order valence-electron chi connectivity index (χ3n) is 4.70. The first-order valence-corrected chi connectivity index (χ1v) is 9.45. The van der Waals surface area contributed by atoms with Crippen molar-refractivity contribution in [2.75, 3.05) is 5.43 Å². The van der Waals surface area contributed by atoms with Crippen LogP contribution in [0.1, 0.15) is 11.3 Å². The minimum atomic E-state index is -0.478. The maximum atomic E-state index is 13.1. The first-order chi connectivity index (χ1) is 14.5. The Bertz CT molecular complexity index is 1370. The highest BCUT2D eigenvalue weighted by Gasteiger charge is 2.19. The van der Waals surface area contributed by atoms with Gasteiger partial charge in [-0.15, -0.1) is 0 Å². The molecule has 3 heterocycles. The highest BCUT2D eigenvalue weighted by atomic mass is 35.5. The predicted octanol–water partition coefficient (Wildman–Crippen LogP) is 1.98. The average molecular weight is 424 g/mol. The first kappa shape index (κ1) is 19.6. The number of benzene rings is 1. The van der Waals surface area contributed by atoms with Crippen molar-refractivity contribution >= 4 is 34.9 Å². The summed E-state index contributed by atoms with van der Waals surface area (Å²) in [5.74, 6) is 0.319. The fourth-order valence-electron chi connectivity index (χ4n) is 3.09. The van der Waals surface area contributed by atoms with E-state index >= 15 is 0 Å². The molecule has 0 spiro atoms. The lowest BCUT2D eigenvalue weighted by molar-refractivity contribution is 0.655. The quantitative estimate of drug-likeness (QED) is 0.391. The number of rotatable bonds is 5. The Balaban J connectivity index is 1.76. The lowest BCUT2D eigenvalue weighted by atomic mass is 10.2. The van der Waals surface area contributed by atoms with E-state index in [1.165, 1.54) is 10.8 Å². The van der Waals surface area contributed by atoms with Crippen LogP contribution in [0.3, 0.4) is 0 Å². The number of imidazole rings is 1. The van der Waals surface area contributed by atoms with Gasteiger partial charge in [-0.1, -0.05) is 35.9 Å².